The molecule has 6 nitrogen and oxygen atoms in total. The second-order valence-electron chi connectivity index (χ2n) is 7.14. The fraction of sp³-hybridized carbons (Fsp3) is 0.632. The van der Waals surface area contributed by atoms with Crippen LogP contribution in [0.15, 0.2) is 24.3 Å². The number of aliphatic hydroxyl groups is 1. The molecule has 2 saturated heterocycles. The number of nitrogens with zero attached hydrogens (tertiary/aromatic N) is 2. The van der Waals surface area contributed by atoms with E-state index >= 15 is 0 Å². The zero-order valence-electron chi connectivity index (χ0n) is 15.1. The number of ether oxygens (including phenoxy) is 1. The smallest absolute Gasteiger partial charge is 0.242 e. The van der Waals surface area contributed by atoms with Crippen molar-refractivity contribution in [1.29, 1.82) is 0 Å². The van der Waals surface area contributed by atoms with E-state index in [0.29, 0.717) is 13.1 Å². The number of anilines is 2. The van der Waals surface area contributed by atoms with Crippen LogP contribution in [0.2, 0.25) is 0 Å². The molecule has 2 heterocycles. The Morgan fingerprint density at radius 3 is 2.52 bits per heavy atom. The fourth-order valence-electron chi connectivity index (χ4n) is 3.67. The summed E-state index contributed by atoms with van der Waals surface area (Å²) in [7, 11) is 0. The molecule has 0 aromatic heterocycles. The Hall–Kier alpha value is -1.79. The molecule has 2 atom stereocenters. The van der Waals surface area contributed by atoms with E-state index in [1.165, 1.54) is 0 Å². The molecule has 25 heavy (non-hydrogen) atoms. The largest absolute Gasteiger partial charge is 0.393 e. The normalized spacial score (nSPS) is 25.1. The number of hydrogen-bond donors (Lipinski definition) is 2. The third-order valence-electron chi connectivity index (χ3n) is 4.91. The van der Waals surface area contributed by atoms with Crippen LogP contribution in [0.25, 0.3) is 0 Å². The van der Waals surface area contributed by atoms with E-state index in [4.69, 9.17) is 4.74 Å². The summed E-state index contributed by atoms with van der Waals surface area (Å²) in [4.78, 5) is 16.7. The molecule has 1 aromatic carbocycles. The van der Waals surface area contributed by atoms with Gasteiger partial charge in [0.1, 0.15) is 0 Å². The van der Waals surface area contributed by atoms with Gasteiger partial charge in [-0.05, 0) is 38.8 Å². The van der Waals surface area contributed by atoms with Gasteiger partial charge in [-0.25, -0.2) is 0 Å². The predicted octanol–water partition coefficient (Wildman–Crippen LogP) is 1.70. The van der Waals surface area contributed by atoms with Gasteiger partial charge < -0.3 is 25.0 Å². The first-order valence-corrected chi connectivity index (χ1v) is 9.22. The van der Waals surface area contributed by atoms with Crippen molar-refractivity contribution in [1.82, 2.24) is 4.90 Å². The molecule has 0 radical (unpaired) electrons. The molecule has 0 aliphatic carbocycles. The highest BCUT2D eigenvalue weighted by Crippen LogP contribution is 2.28. The van der Waals surface area contributed by atoms with E-state index in [9.17, 15) is 9.90 Å². The molecule has 2 aliphatic rings. The maximum Gasteiger partial charge on any atom is 0.242 e. The number of carbonyl (C=O) groups is 1. The van der Waals surface area contributed by atoms with Crippen LogP contribution < -0.4 is 10.2 Å². The van der Waals surface area contributed by atoms with Crippen LogP contribution in [0.4, 0.5) is 11.4 Å². The summed E-state index contributed by atoms with van der Waals surface area (Å²) in [6.45, 7) is 7.27. The molecule has 0 spiro atoms. The van der Waals surface area contributed by atoms with Crippen molar-refractivity contribution in [2.75, 3.05) is 42.9 Å². The summed E-state index contributed by atoms with van der Waals surface area (Å²) in [5, 5.41) is 13.0. The number of aliphatic hydroxyl groups excluding tert-OH is 1. The van der Waals surface area contributed by atoms with Crippen LogP contribution in [-0.2, 0) is 9.53 Å². The first-order chi connectivity index (χ1) is 12.0. The third-order valence-corrected chi connectivity index (χ3v) is 4.91. The quantitative estimate of drug-likeness (QED) is 0.868. The minimum atomic E-state index is -0.191. The monoisotopic (exact) mass is 347 g/mol. The molecule has 2 fully saturated rings. The summed E-state index contributed by atoms with van der Waals surface area (Å²) >= 11 is 0. The molecular weight excluding hydrogens is 318 g/mol. The van der Waals surface area contributed by atoms with Gasteiger partial charge in [-0.3, -0.25) is 4.79 Å². The fourth-order valence-corrected chi connectivity index (χ4v) is 3.67. The molecule has 0 bridgehead atoms. The number of rotatable bonds is 4. The predicted molar refractivity (Wildman–Crippen MR) is 99.0 cm³/mol. The highest BCUT2D eigenvalue weighted by Gasteiger charge is 2.26. The van der Waals surface area contributed by atoms with Gasteiger partial charge in [0.25, 0.3) is 0 Å². The lowest BCUT2D eigenvalue weighted by atomic mass is 10.1. The number of morpholine rings is 1. The van der Waals surface area contributed by atoms with E-state index in [1.807, 2.05) is 36.9 Å². The number of benzene rings is 1. The van der Waals surface area contributed by atoms with Crippen LogP contribution in [0.5, 0.6) is 0 Å². The van der Waals surface area contributed by atoms with E-state index in [-0.39, 0.29) is 30.8 Å². The van der Waals surface area contributed by atoms with Crippen LogP contribution >= 0.6 is 0 Å². The second-order valence-corrected chi connectivity index (χ2v) is 7.14. The summed E-state index contributed by atoms with van der Waals surface area (Å²) in [6, 6.07) is 8.08. The first kappa shape index (κ1) is 18.0. The highest BCUT2D eigenvalue weighted by molar-refractivity contribution is 5.83. The summed E-state index contributed by atoms with van der Waals surface area (Å²) in [5.74, 6) is 0.103. The van der Waals surface area contributed by atoms with E-state index in [0.717, 1.165) is 37.3 Å². The van der Waals surface area contributed by atoms with Gasteiger partial charge in [-0.2, -0.15) is 0 Å². The van der Waals surface area contributed by atoms with Crippen molar-refractivity contribution in [3.63, 3.8) is 0 Å². The average Bonchev–Trinajstić information content (AvgIpc) is 2.60. The van der Waals surface area contributed by atoms with Gasteiger partial charge in [0.15, 0.2) is 0 Å². The second kappa shape index (κ2) is 8.06. The van der Waals surface area contributed by atoms with Crippen LogP contribution in [-0.4, -0.2) is 66.9 Å². The Kier molecular flexibility index (Phi) is 5.81. The molecule has 2 aliphatic heterocycles. The molecule has 3 rings (SSSR count). The maximum absolute atomic E-state index is 12.6. The Morgan fingerprint density at radius 2 is 1.84 bits per heavy atom. The van der Waals surface area contributed by atoms with Gasteiger partial charge in [-0.15, -0.1) is 0 Å². The van der Waals surface area contributed by atoms with Crippen LogP contribution in [0, 0.1) is 0 Å². The molecule has 6 heteroatoms. The lowest BCUT2D eigenvalue weighted by Gasteiger charge is -2.36. The molecule has 2 N–H and O–H groups in total. The number of carbonyl (C=O) groups excluding carboxylic acids is 1. The van der Waals surface area contributed by atoms with Gasteiger partial charge >= 0.3 is 0 Å². The van der Waals surface area contributed by atoms with Crippen molar-refractivity contribution in [2.45, 2.75) is 45.0 Å². The van der Waals surface area contributed by atoms with Crippen molar-refractivity contribution < 1.29 is 14.6 Å². The lowest BCUT2D eigenvalue weighted by molar-refractivity contribution is -0.141. The van der Waals surface area contributed by atoms with Crippen LogP contribution in [0.3, 0.4) is 0 Å². The Bertz CT molecular complexity index is 577. The van der Waals surface area contributed by atoms with Gasteiger partial charge in [0.2, 0.25) is 5.91 Å². The van der Waals surface area contributed by atoms with E-state index in [2.05, 4.69) is 16.3 Å². The van der Waals surface area contributed by atoms with Crippen LogP contribution in [0.1, 0.15) is 26.7 Å². The molecule has 1 amide bonds. The Morgan fingerprint density at radius 1 is 1.20 bits per heavy atom. The average molecular weight is 347 g/mol. The summed E-state index contributed by atoms with van der Waals surface area (Å²) < 4.78 is 5.70. The number of hydrogen-bond acceptors (Lipinski definition) is 5. The van der Waals surface area contributed by atoms with Crippen molar-refractivity contribution in [3.8, 4) is 0 Å². The van der Waals surface area contributed by atoms with Crippen molar-refractivity contribution >= 4 is 17.3 Å². The molecule has 1 aromatic rings. The number of piperidine rings is 1. The van der Waals surface area contributed by atoms with Gasteiger partial charge in [0.05, 0.1) is 36.2 Å². The number of para-hydroxylation sites is 2. The topological polar surface area (TPSA) is 65.0 Å². The standard InChI is InChI=1S/C19H29N3O3/c1-14-12-22(13-15(2)25-14)19(24)11-20-17-5-3-4-6-18(17)21-9-7-16(23)8-10-21/h3-6,14-16,20,23H,7-13H2,1-2H3. The Balaban J connectivity index is 1.60. The SMILES string of the molecule is CC1CN(C(=O)CNc2ccccc2N2CCC(O)CC2)CC(C)O1. The Labute approximate surface area is 149 Å². The third kappa shape index (κ3) is 4.64. The van der Waals surface area contributed by atoms with Gasteiger partial charge in [-0.1, -0.05) is 12.1 Å². The zero-order chi connectivity index (χ0) is 17.8. The summed E-state index contributed by atoms with van der Waals surface area (Å²) in [6.07, 6.45) is 1.55. The van der Waals surface area contributed by atoms with E-state index in [1.54, 1.807) is 0 Å². The molecule has 2 unspecified atom stereocenters. The molecular formula is C19H29N3O3. The number of amides is 1. The van der Waals surface area contributed by atoms with Crippen molar-refractivity contribution in [3.05, 3.63) is 24.3 Å². The highest BCUT2D eigenvalue weighted by atomic mass is 16.5. The summed E-state index contributed by atoms with van der Waals surface area (Å²) in [5.41, 5.74) is 2.08. The minimum absolute atomic E-state index is 0.0831. The van der Waals surface area contributed by atoms with Gasteiger partial charge in [0, 0.05) is 26.2 Å². The minimum Gasteiger partial charge on any atom is -0.393 e. The number of nitrogens with one attached hydrogen (secondary N) is 1. The first-order valence-electron chi connectivity index (χ1n) is 9.22. The zero-order valence-corrected chi connectivity index (χ0v) is 15.1. The van der Waals surface area contributed by atoms with E-state index < -0.39 is 0 Å². The van der Waals surface area contributed by atoms with Crippen molar-refractivity contribution in [2.24, 2.45) is 0 Å². The molecule has 0 saturated carbocycles. The molecule has 138 valence electrons. The lowest BCUT2D eigenvalue weighted by Crippen LogP contribution is -2.49. The maximum atomic E-state index is 12.6.